The van der Waals surface area contributed by atoms with Crippen LogP contribution in [0.5, 0.6) is 0 Å². The van der Waals surface area contributed by atoms with E-state index in [4.69, 9.17) is 4.74 Å². The minimum atomic E-state index is -0.939. The Morgan fingerprint density at radius 3 is 2.49 bits per heavy atom. The van der Waals surface area contributed by atoms with E-state index in [-0.39, 0.29) is 50.0 Å². The van der Waals surface area contributed by atoms with E-state index < -0.39 is 41.4 Å². The van der Waals surface area contributed by atoms with Crippen molar-refractivity contribution in [3.8, 4) is 0 Å². The van der Waals surface area contributed by atoms with Crippen molar-refractivity contribution in [1.29, 1.82) is 0 Å². The van der Waals surface area contributed by atoms with Crippen LogP contribution < -0.4 is 10.6 Å². The van der Waals surface area contributed by atoms with Gasteiger partial charge in [0.05, 0.1) is 24.9 Å². The third-order valence-electron chi connectivity index (χ3n) is 6.86. The summed E-state index contributed by atoms with van der Waals surface area (Å²) < 4.78 is 6.96. The maximum atomic E-state index is 13.4. The summed E-state index contributed by atoms with van der Waals surface area (Å²) in [5.41, 5.74) is 0.841. The van der Waals surface area contributed by atoms with Crippen molar-refractivity contribution < 1.29 is 28.7 Å². The molecule has 3 unspecified atom stereocenters. The van der Waals surface area contributed by atoms with Crippen LogP contribution in [0, 0.1) is 23.7 Å². The van der Waals surface area contributed by atoms with E-state index in [1.807, 2.05) is 44.2 Å². The van der Waals surface area contributed by atoms with E-state index >= 15 is 0 Å². The van der Waals surface area contributed by atoms with Gasteiger partial charge in [-0.3, -0.25) is 24.0 Å². The molecule has 11 nitrogen and oxygen atoms in total. The van der Waals surface area contributed by atoms with Crippen molar-refractivity contribution in [2.24, 2.45) is 23.7 Å². The van der Waals surface area contributed by atoms with Crippen LogP contribution >= 0.6 is 0 Å². The summed E-state index contributed by atoms with van der Waals surface area (Å²) in [5.74, 6) is -4.39. The lowest BCUT2D eigenvalue weighted by Crippen LogP contribution is -2.49. The molecule has 0 fully saturated rings. The number of nitrogens with zero attached hydrogens (tertiary/aromatic N) is 3. The summed E-state index contributed by atoms with van der Waals surface area (Å²) in [4.78, 5) is 68.6. The Bertz CT molecular complexity index is 1180. The number of aromatic nitrogens is 3. The first-order valence-corrected chi connectivity index (χ1v) is 13.3. The molecule has 11 heteroatoms. The van der Waals surface area contributed by atoms with Gasteiger partial charge in [0.1, 0.15) is 18.8 Å². The monoisotopic (exact) mass is 539 g/mol. The van der Waals surface area contributed by atoms with Crippen LogP contribution in [-0.2, 0) is 48.3 Å². The lowest BCUT2D eigenvalue weighted by molar-refractivity contribution is -0.149. The molecule has 1 aliphatic rings. The van der Waals surface area contributed by atoms with E-state index in [1.54, 1.807) is 18.5 Å². The summed E-state index contributed by atoms with van der Waals surface area (Å²) in [5, 5.41) is 9.48. The molecule has 0 aliphatic carbocycles. The Hall–Kier alpha value is -3.89. The molecule has 0 saturated heterocycles. The molecule has 1 aliphatic heterocycles. The van der Waals surface area contributed by atoms with Crippen molar-refractivity contribution in [2.75, 3.05) is 6.54 Å². The summed E-state index contributed by atoms with van der Waals surface area (Å²) in [6.07, 6.45) is 1.08. The number of fused-ring (bicyclic) bond motifs is 1. The second-order valence-electron chi connectivity index (χ2n) is 10.5. The van der Waals surface area contributed by atoms with E-state index in [0.717, 1.165) is 5.56 Å². The number of Topliss-reactive ketones (excluding diaryl/α,β-unsaturated/α-hetero) is 2. The predicted molar refractivity (Wildman–Crippen MR) is 141 cm³/mol. The largest absolute Gasteiger partial charge is 0.461 e. The lowest BCUT2D eigenvalue weighted by atomic mass is 9.86. The molecule has 3 rings (SSSR count). The Kier molecular flexibility index (Phi) is 10.5. The number of carbonyl (C=O) groups is 5. The molecule has 2 heterocycles. The van der Waals surface area contributed by atoms with Gasteiger partial charge in [0, 0.05) is 25.3 Å². The average molecular weight is 540 g/mol. The van der Waals surface area contributed by atoms with Crippen molar-refractivity contribution in [3.63, 3.8) is 0 Å². The third-order valence-corrected chi connectivity index (χ3v) is 6.86. The number of nitrogens with one attached hydrogen (secondary N) is 2. The van der Waals surface area contributed by atoms with Gasteiger partial charge in [-0.05, 0) is 17.4 Å². The van der Waals surface area contributed by atoms with Crippen molar-refractivity contribution >= 4 is 29.4 Å². The minimum absolute atomic E-state index is 0.0820. The normalized spacial score (nSPS) is 17.3. The molecule has 0 spiro atoms. The smallest absolute Gasteiger partial charge is 0.306 e. The van der Waals surface area contributed by atoms with Crippen LogP contribution in [0.3, 0.4) is 0 Å². The fraction of sp³-hybridized carbons (Fsp3) is 0.536. The Balaban J connectivity index is 1.67. The zero-order valence-corrected chi connectivity index (χ0v) is 22.9. The molecule has 0 bridgehead atoms. The van der Waals surface area contributed by atoms with Gasteiger partial charge >= 0.3 is 5.97 Å². The molecule has 210 valence electrons. The molecular weight excluding hydrogens is 502 g/mol. The molecule has 0 saturated carbocycles. The van der Waals surface area contributed by atoms with Crippen LogP contribution in [0.1, 0.15) is 51.9 Å². The number of benzene rings is 1. The Morgan fingerprint density at radius 2 is 1.82 bits per heavy atom. The van der Waals surface area contributed by atoms with Crippen LogP contribution in [-0.4, -0.2) is 56.7 Å². The molecule has 2 amide bonds. The number of carbonyl (C=O) groups excluding carboxylic acids is 5. The van der Waals surface area contributed by atoms with Gasteiger partial charge in [-0.25, -0.2) is 9.67 Å². The molecule has 3 atom stereocenters. The minimum Gasteiger partial charge on any atom is -0.461 e. The summed E-state index contributed by atoms with van der Waals surface area (Å²) in [6, 6.07) is 8.34. The van der Waals surface area contributed by atoms with E-state index in [2.05, 4.69) is 20.7 Å². The SMILES string of the molecule is CC(C)C(CC(=O)OCc1ccccc1)C(=O)NC(C(=O)CC1Cc2ncnn2CCNC(=O)C1=O)C(C)C. The number of ether oxygens (including phenoxy) is 1. The highest BCUT2D eigenvalue weighted by molar-refractivity contribution is 6.37. The number of esters is 1. The quantitative estimate of drug-likeness (QED) is 0.323. The molecule has 0 radical (unpaired) electrons. The first-order chi connectivity index (χ1) is 18.6. The number of rotatable bonds is 11. The fourth-order valence-electron chi connectivity index (χ4n) is 4.52. The van der Waals surface area contributed by atoms with Crippen molar-refractivity contribution in [1.82, 2.24) is 25.4 Å². The first kappa shape index (κ1) is 29.7. The average Bonchev–Trinajstić information content (AvgIpc) is 3.35. The topological polar surface area (TPSA) is 149 Å². The predicted octanol–water partition coefficient (Wildman–Crippen LogP) is 1.64. The van der Waals surface area contributed by atoms with Crippen LogP contribution in [0.4, 0.5) is 0 Å². The van der Waals surface area contributed by atoms with E-state index in [9.17, 15) is 24.0 Å². The molecular formula is C28H37N5O6. The zero-order valence-electron chi connectivity index (χ0n) is 22.9. The van der Waals surface area contributed by atoms with Gasteiger partial charge in [-0.1, -0.05) is 58.0 Å². The molecule has 39 heavy (non-hydrogen) atoms. The molecule has 2 aromatic rings. The second kappa shape index (κ2) is 13.8. The Morgan fingerprint density at radius 1 is 1.10 bits per heavy atom. The van der Waals surface area contributed by atoms with Crippen molar-refractivity contribution in [3.05, 3.63) is 48.0 Å². The lowest BCUT2D eigenvalue weighted by Gasteiger charge is -2.27. The summed E-state index contributed by atoms with van der Waals surface area (Å²) in [6.45, 7) is 7.92. The maximum absolute atomic E-state index is 13.4. The van der Waals surface area contributed by atoms with E-state index in [1.165, 1.54) is 6.33 Å². The third kappa shape index (κ3) is 8.30. The highest BCUT2D eigenvalue weighted by Gasteiger charge is 2.35. The van der Waals surface area contributed by atoms with Crippen LogP contribution in [0.2, 0.25) is 0 Å². The highest BCUT2D eigenvalue weighted by atomic mass is 16.5. The number of amides is 2. The maximum Gasteiger partial charge on any atom is 0.306 e. The van der Waals surface area contributed by atoms with Gasteiger partial charge in [0.25, 0.3) is 5.91 Å². The number of hydrogen-bond acceptors (Lipinski definition) is 8. The molecule has 1 aromatic carbocycles. The Labute approximate surface area is 228 Å². The summed E-state index contributed by atoms with van der Waals surface area (Å²) in [7, 11) is 0. The second-order valence-corrected chi connectivity index (χ2v) is 10.5. The van der Waals surface area contributed by atoms with E-state index in [0.29, 0.717) is 12.4 Å². The van der Waals surface area contributed by atoms with Gasteiger partial charge in [0.15, 0.2) is 5.78 Å². The molecule has 1 aromatic heterocycles. The van der Waals surface area contributed by atoms with Gasteiger partial charge in [-0.15, -0.1) is 0 Å². The number of hydrogen-bond donors (Lipinski definition) is 2. The van der Waals surface area contributed by atoms with Gasteiger partial charge < -0.3 is 15.4 Å². The van der Waals surface area contributed by atoms with Crippen LogP contribution in [0.25, 0.3) is 0 Å². The van der Waals surface area contributed by atoms with Crippen LogP contribution in [0.15, 0.2) is 36.7 Å². The molecule has 2 N–H and O–H groups in total. The first-order valence-electron chi connectivity index (χ1n) is 13.3. The van der Waals surface area contributed by atoms with Gasteiger partial charge in [-0.2, -0.15) is 5.10 Å². The summed E-state index contributed by atoms with van der Waals surface area (Å²) >= 11 is 0. The standard InChI is InChI=1S/C28H37N5O6/c1-17(2)21(14-24(35)39-15-19-8-6-5-7-9-19)27(37)32-25(18(3)4)22(34)12-20-13-23-30-16-31-33(23)11-10-29-28(38)26(20)36/h5-9,16-18,20-21,25H,10-15H2,1-4H3,(H,29,38)(H,32,37). The fourth-order valence-corrected chi connectivity index (χ4v) is 4.52. The number of ketones is 2. The highest BCUT2D eigenvalue weighted by Crippen LogP contribution is 2.21. The van der Waals surface area contributed by atoms with Gasteiger partial charge in [0.2, 0.25) is 11.7 Å². The van der Waals surface area contributed by atoms with Crippen molar-refractivity contribution in [2.45, 2.75) is 66.2 Å². The zero-order chi connectivity index (χ0) is 28.5.